The van der Waals surface area contributed by atoms with Crippen LogP contribution in [0.1, 0.15) is 78.6 Å². The van der Waals surface area contributed by atoms with Crippen LogP contribution in [-0.4, -0.2) is 88.2 Å². The molecular formula is C38H46N6O8S2. The summed E-state index contributed by atoms with van der Waals surface area (Å²) in [5.41, 5.74) is -0.504. The molecule has 288 valence electrons. The Bertz CT molecular complexity index is 2060. The number of ether oxygens (including phenoxy) is 2. The molecule has 1 saturated heterocycles. The molecule has 2 aliphatic carbocycles. The Morgan fingerprint density at radius 2 is 1.78 bits per heavy atom. The monoisotopic (exact) mass is 778 g/mol. The van der Waals surface area contributed by atoms with E-state index in [1.165, 1.54) is 16.2 Å². The van der Waals surface area contributed by atoms with Crippen molar-refractivity contribution in [1.82, 2.24) is 30.2 Å². The highest BCUT2D eigenvalue weighted by molar-refractivity contribution is 7.91. The predicted molar refractivity (Wildman–Crippen MR) is 202 cm³/mol. The van der Waals surface area contributed by atoms with Crippen LogP contribution in [0, 0.1) is 5.92 Å². The number of sulfonamides is 1. The van der Waals surface area contributed by atoms with Gasteiger partial charge in [0.2, 0.25) is 27.7 Å². The molecule has 2 aliphatic heterocycles. The van der Waals surface area contributed by atoms with Gasteiger partial charge in [0.15, 0.2) is 0 Å². The Labute approximate surface area is 318 Å². The summed E-state index contributed by atoms with van der Waals surface area (Å²) in [7, 11) is -3.89. The van der Waals surface area contributed by atoms with Gasteiger partial charge in [0.1, 0.15) is 35.0 Å². The number of carbonyl (C=O) groups excluding carboxylic acids is 4. The Morgan fingerprint density at radius 1 is 1.02 bits per heavy atom. The number of carbonyl (C=O) groups is 4. The summed E-state index contributed by atoms with van der Waals surface area (Å²) in [6.07, 6.45) is 6.70. The third-order valence-electron chi connectivity index (χ3n) is 10.1. The smallest absolute Gasteiger partial charge is 0.408 e. The number of hydrogen-bond acceptors (Lipinski definition) is 11. The largest absolute Gasteiger partial charge is 0.471 e. The van der Waals surface area contributed by atoms with Crippen LogP contribution < -0.4 is 20.1 Å². The second kappa shape index (κ2) is 14.9. The fourth-order valence-corrected chi connectivity index (χ4v) is 9.16. The van der Waals surface area contributed by atoms with Gasteiger partial charge < -0.3 is 25.0 Å². The van der Waals surface area contributed by atoms with Crippen molar-refractivity contribution < 1.29 is 37.1 Å². The van der Waals surface area contributed by atoms with Crippen molar-refractivity contribution in [1.29, 1.82) is 0 Å². The predicted octanol–water partition coefficient (Wildman–Crippen LogP) is 4.60. The van der Waals surface area contributed by atoms with E-state index in [9.17, 15) is 27.6 Å². The number of aromatic nitrogens is 2. The van der Waals surface area contributed by atoms with Gasteiger partial charge in [0.25, 0.3) is 5.91 Å². The van der Waals surface area contributed by atoms with Crippen LogP contribution in [0.25, 0.3) is 21.6 Å². The van der Waals surface area contributed by atoms with E-state index < -0.39 is 74.3 Å². The number of para-hydroxylation sites is 2. The van der Waals surface area contributed by atoms with E-state index in [1.807, 2.05) is 53.9 Å². The van der Waals surface area contributed by atoms with Crippen LogP contribution in [0.5, 0.6) is 5.88 Å². The highest BCUT2D eigenvalue weighted by atomic mass is 32.2. The zero-order valence-corrected chi connectivity index (χ0v) is 32.2. The van der Waals surface area contributed by atoms with Gasteiger partial charge in [-0.3, -0.25) is 19.1 Å². The highest BCUT2D eigenvalue weighted by Gasteiger charge is 2.62. The average Bonchev–Trinajstić information content (AvgIpc) is 3.97. The molecule has 0 radical (unpaired) electrons. The standard InChI is InChI=1S/C38H46N6O8S2/c1-37(2,3)52-36(48)41-28-15-8-6-4-5-7-12-23-21-38(23,35(47)43-54(49,50)25-17-18-25)42-32(45)29-20-24(22-44(29)34(28)46)51-33-31(30-16-11-19-53-30)39-26-13-9-10-14-27(26)40-33/h7,9-14,16,19,23-25,28-29H,4-6,8,15,17-18,20-22H2,1-3H3,(H,41,48)(H,42,45)(H,43,47)/b12-7-/t23-,24-,28+,29+,38-/m1/s1. The minimum atomic E-state index is -3.89. The topological polar surface area (TPSA) is 186 Å². The van der Waals surface area contributed by atoms with Gasteiger partial charge in [-0.25, -0.2) is 23.2 Å². The molecule has 54 heavy (non-hydrogen) atoms. The maximum atomic E-state index is 14.5. The zero-order valence-electron chi connectivity index (χ0n) is 30.6. The number of rotatable bonds is 7. The third-order valence-corrected chi connectivity index (χ3v) is 12.8. The van der Waals surface area contributed by atoms with Crippen LogP contribution in [0.4, 0.5) is 4.79 Å². The molecule has 3 fully saturated rings. The maximum Gasteiger partial charge on any atom is 0.408 e. The quantitative estimate of drug-likeness (QED) is 0.286. The Morgan fingerprint density at radius 3 is 2.48 bits per heavy atom. The first kappa shape index (κ1) is 37.7. The molecule has 1 aromatic carbocycles. The summed E-state index contributed by atoms with van der Waals surface area (Å²) >= 11 is 1.47. The first-order valence-corrected chi connectivity index (χ1v) is 21.0. The van der Waals surface area contributed by atoms with E-state index in [-0.39, 0.29) is 25.3 Å². The molecule has 2 saturated carbocycles. The number of nitrogens with one attached hydrogen (secondary N) is 3. The van der Waals surface area contributed by atoms with Gasteiger partial charge in [0, 0.05) is 12.3 Å². The summed E-state index contributed by atoms with van der Waals surface area (Å²) in [6, 6.07) is 9.08. The Balaban J connectivity index is 1.21. The number of fused-ring (bicyclic) bond motifs is 3. The maximum absolute atomic E-state index is 14.5. The van der Waals surface area contributed by atoms with Gasteiger partial charge in [-0.15, -0.1) is 11.3 Å². The van der Waals surface area contributed by atoms with Gasteiger partial charge in [-0.2, -0.15) is 0 Å². The zero-order chi connectivity index (χ0) is 38.3. The van der Waals surface area contributed by atoms with Crippen molar-refractivity contribution >= 4 is 56.2 Å². The van der Waals surface area contributed by atoms with Crippen molar-refractivity contribution in [2.45, 2.75) is 113 Å². The Hall–Kier alpha value is -4.57. The molecule has 16 heteroatoms. The van der Waals surface area contributed by atoms with E-state index in [1.54, 1.807) is 20.8 Å². The molecule has 4 amide bonds. The van der Waals surface area contributed by atoms with E-state index in [0.717, 1.165) is 17.7 Å². The van der Waals surface area contributed by atoms with Crippen LogP contribution >= 0.6 is 11.3 Å². The number of benzene rings is 1. The molecule has 3 N–H and O–H groups in total. The fraction of sp³-hybridized carbons (Fsp3) is 0.526. The minimum Gasteiger partial charge on any atom is -0.471 e. The lowest BCUT2D eigenvalue weighted by Gasteiger charge is -2.30. The second-order valence-electron chi connectivity index (χ2n) is 15.5. The van der Waals surface area contributed by atoms with Crippen molar-refractivity contribution in [3.63, 3.8) is 0 Å². The van der Waals surface area contributed by atoms with Crippen LogP contribution in [0.2, 0.25) is 0 Å². The summed E-state index contributed by atoms with van der Waals surface area (Å²) in [6.45, 7) is 5.16. The molecule has 5 atom stereocenters. The van der Waals surface area contributed by atoms with E-state index in [0.29, 0.717) is 48.8 Å². The number of allylic oxidation sites excluding steroid dienone is 1. The summed E-state index contributed by atoms with van der Waals surface area (Å²) in [4.78, 5) is 67.6. The first-order chi connectivity index (χ1) is 25.7. The average molecular weight is 779 g/mol. The molecular weight excluding hydrogens is 733 g/mol. The van der Waals surface area contributed by atoms with Gasteiger partial charge in [0.05, 0.1) is 27.7 Å². The first-order valence-electron chi connectivity index (χ1n) is 18.5. The SMILES string of the molecule is CC(C)(C)OC(=O)N[C@H]1CCCCC/C=C\[C@@H]2C[C@@]2(C(=O)NS(=O)(=O)C2CC2)NC(=O)[C@@H]2C[C@@H](Oc3nc4ccccc4nc3-c3cccs3)CN2C1=O. The fourth-order valence-electron chi connectivity index (χ4n) is 7.09. The third kappa shape index (κ3) is 8.38. The summed E-state index contributed by atoms with van der Waals surface area (Å²) in [5, 5.41) is 6.93. The lowest BCUT2D eigenvalue weighted by molar-refractivity contribution is -0.141. The number of nitrogens with zero attached hydrogens (tertiary/aromatic N) is 3. The number of thiophene rings is 1. The van der Waals surface area contributed by atoms with Crippen molar-refractivity contribution in [3.05, 3.63) is 53.9 Å². The molecule has 4 heterocycles. The van der Waals surface area contributed by atoms with Crippen LogP contribution in [0.3, 0.4) is 0 Å². The number of hydrogen-bond donors (Lipinski definition) is 3. The van der Waals surface area contributed by atoms with Gasteiger partial charge >= 0.3 is 6.09 Å². The lowest BCUT2D eigenvalue weighted by atomic mass is 10.0. The summed E-state index contributed by atoms with van der Waals surface area (Å²) < 4.78 is 40.0. The molecule has 7 rings (SSSR count). The molecule has 4 aliphatic rings. The van der Waals surface area contributed by atoms with Gasteiger partial charge in [-0.1, -0.05) is 43.2 Å². The number of alkyl carbamates (subject to hydrolysis) is 1. The van der Waals surface area contributed by atoms with Crippen LogP contribution in [-0.2, 0) is 29.1 Å². The van der Waals surface area contributed by atoms with Crippen molar-refractivity contribution in [2.24, 2.45) is 5.92 Å². The molecule has 0 spiro atoms. The van der Waals surface area contributed by atoms with Gasteiger partial charge in [-0.05, 0) is 82.9 Å². The molecule has 0 bridgehead atoms. The normalized spacial score (nSPS) is 27.1. The second-order valence-corrected chi connectivity index (χ2v) is 18.4. The lowest BCUT2D eigenvalue weighted by Crippen LogP contribution is -2.58. The van der Waals surface area contributed by atoms with E-state index in [4.69, 9.17) is 19.4 Å². The Kier molecular flexibility index (Phi) is 10.4. The van der Waals surface area contributed by atoms with E-state index >= 15 is 0 Å². The molecule has 3 aromatic rings. The molecule has 14 nitrogen and oxygen atoms in total. The summed E-state index contributed by atoms with van der Waals surface area (Å²) in [5.74, 6) is -2.10. The highest BCUT2D eigenvalue weighted by Crippen LogP contribution is 2.46. The van der Waals surface area contributed by atoms with Crippen molar-refractivity contribution in [2.75, 3.05) is 6.54 Å². The number of amides is 4. The van der Waals surface area contributed by atoms with E-state index in [2.05, 4.69) is 15.4 Å². The minimum absolute atomic E-state index is 0.0274. The van der Waals surface area contributed by atoms with Crippen molar-refractivity contribution in [3.8, 4) is 16.5 Å². The van der Waals surface area contributed by atoms with Crippen LogP contribution in [0.15, 0.2) is 53.9 Å². The molecule has 0 unspecified atom stereocenters. The molecule has 2 aromatic heterocycles.